The number of aromatic nitrogens is 1. The molecule has 2 aromatic rings. The Bertz CT molecular complexity index is 620. The average molecular weight is 293 g/mol. The average Bonchev–Trinajstić information content (AvgIpc) is 2.86. The number of hydrogen-bond acceptors (Lipinski definition) is 2. The van der Waals surface area contributed by atoms with Gasteiger partial charge in [0, 0.05) is 12.7 Å². The quantitative estimate of drug-likeness (QED) is 0.791. The van der Waals surface area contributed by atoms with Crippen LogP contribution in [-0.2, 0) is 6.42 Å². The van der Waals surface area contributed by atoms with E-state index in [1.54, 1.807) is 36.5 Å². The molecule has 1 heterocycles. The zero-order chi connectivity index (χ0) is 14.5. The first-order valence-corrected chi connectivity index (χ1v) is 6.38. The summed E-state index contributed by atoms with van der Waals surface area (Å²) >= 11 is 5.72. The van der Waals surface area contributed by atoms with Crippen LogP contribution in [0.25, 0.3) is 0 Å². The molecule has 0 unspecified atom stereocenters. The van der Waals surface area contributed by atoms with Gasteiger partial charge in [0.15, 0.2) is 0 Å². The number of aromatic amines is 1. The summed E-state index contributed by atoms with van der Waals surface area (Å²) in [4.78, 5) is 25.2. The number of aromatic carboxylic acids is 1. The molecule has 0 aliphatic heterocycles. The van der Waals surface area contributed by atoms with E-state index in [2.05, 4.69) is 10.3 Å². The Morgan fingerprint density at radius 3 is 2.50 bits per heavy atom. The van der Waals surface area contributed by atoms with Gasteiger partial charge in [-0.3, -0.25) is 4.79 Å². The largest absolute Gasteiger partial charge is 0.478 e. The Hall–Kier alpha value is -2.27. The maximum absolute atomic E-state index is 11.7. The number of benzene rings is 1. The molecule has 0 atom stereocenters. The number of carboxylic acid groups (broad SMARTS) is 1. The van der Waals surface area contributed by atoms with Crippen LogP contribution in [0.5, 0.6) is 0 Å². The number of carbonyl (C=O) groups is 2. The van der Waals surface area contributed by atoms with Gasteiger partial charge in [-0.15, -0.1) is 0 Å². The summed E-state index contributed by atoms with van der Waals surface area (Å²) in [6.45, 7) is 0.460. The Morgan fingerprint density at radius 2 is 1.95 bits per heavy atom. The fourth-order valence-corrected chi connectivity index (χ4v) is 1.89. The first-order chi connectivity index (χ1) is 9.56. The number of carboxylic acids is 1. The third-order valence-electron chi connectivity index (χ3n) is 2.79. The molecule has 0 aliphatic rings. The van der Waals surface area contributed by atoms with Crippen LogP contribution in [0.2, 0.25) is 5.02 Å². The van der Waals surface area contributed by atoms with E-state index in [1.165, 1.54) is 0 Å². The lowest BCUT2D eigenvalue weighted by Gasteiger charge is -2.04. The lowest BCUT2D eigenvalue weighted by molar-refractivity contribution is 0.0696. The van der Waals surface area contributed by atoms with Crippen molar-refractivity contribution in [2.24, 2.45) is 0 Å². The number of rotatable bonds is 5. The summed E-state index contributed by atoms with van der Waals surface area (Å²) < 4.78 is 0. The summed E-state index contributed by atoms with van der Waals surface area (Å²) in [6.07, 6.45) is 2.17. The van der Waals surface area contributed by atoms with Crippen molar-refractivity contribution in [3.05, 3.63) is 58.4 Å². The molecule has 0 fully saturated rings. The minimum Gasteiger partial charge on any atom is -0.478 e. The van der Waals surface area contributed by atoms with E-state index in [0.717, 1.165) is 5.56 Å². The summed E-state index contributed by atoms with van der Waals surface area (Å²) in [5.74, 6) is -1.17. The van der Waals surface area contributed by atoms with E-state index in [1.807, 2.05) is 0 Å². The minimum atomic E-state index is -0.950. The number of H-pyrrole nitrogens is 1. The monoisotopic (exact) mass is 292 g/mol. The van der Waals surface area contributed by atoms with Crippen LogP contribution in [0.1, 0.15) is 26.4 Å². The molecule has 1 aromatic heterocycles. The molecule has 0 spiro atoms. The van der Waals surface area contributed by atoms with Crippen LogP contribution >= 0.6 is 11.6 Å². The first-order valence-electron chi connectivity index (χ1n) is 6.00. The topological polar surface area (TPSA) is 82.2 Å². The highest BCUT2D eigenvalue weighted by Crippen LogP contribution is 2.09. The van der Waals surface area contributed by atoms with E-state index in [9.17, 15) is 9.59 Å². The second kappa shape index (κ2) is 6.25. The second-order valence-electron chi connectivity index (χ2n) is 4.24. The van der Waals surface area contributed by atoms with Gasteiger partial charge in [0.2, 0.25) is 0 Å². The van der Waals surface area contributed by atoms with Gasteiger partial charge in [0.05, 0.1) is 10.6 Å². The Labute approximate surface area is 120 Å². The van der Waals surface area contributed by atoms with Gasteiger partial charge in [-0.05, 0) is 30.2 Å². The van der Waals surface area contributed by atoms with Crippen LogP contribution < -0.4 is 5.32 Å². The van der Waals surface area contributed by atoms with Gasteiger partial charge in [-0.1, -0.05) is 23.7 Å². The number of halogens is 1. The molecular formula is C14H13ClN2O3. The van der Waals surface area contributed by atoms with E-state index in [-0.39, 0.29) is 11.5 Å². The standard InChI is InChI=1S/C14H13ClN2O3/c15-11-7-12(17-8-11)13(18)16-6-5-9-1-3-10(4-2-9)14(19)20/h1-4,7-8,17H,5-6H2,(H,16,18)(H,19,20). The number of nitrogens with one attached hydrogen (secondary N) is 2. The number of carbonyl (C=O) groups excluding carboxylic acids is 1. The highest BCUT2D eigenvalue weighted by molar-refractivity contribution is 6.30. The van der Waals surface area contributed by atoms with Gasteiger partial charge in [-0.25, -0.2) is 4.79 Å². The van der Waals surface area contributed by atoms with E-state index < -0.39 is 5.97 Å². The summed E-state index contributed by atoms with van der Waals surface area (Å²) in [6, 6.07) is 8.12. The molecule has 0 radical (unpaired) electrons. The van der Waals surface area contributed by atoms with Crippen LogP contribution in [0.3, 0.4) is 0 Å². The van der Waals surface area contributed by atoms with Crippen molar-refractivity contribution in [1.29, 1.82) is 0 Å². The molecule has 6 heteroatoms. The van der Waals surface area contributed by atoms with Crippen molar-refractivity contribution in [2.75, 3.05) is 6.54 Å². The molecule has 104 valence electrons. The van der Waals surface area contributed by atoms with Crippen molar-refractivity contribution in [1.82, 2.24) is 10.3 Å². The van der Waals surface area contributed by atoms with Crippen LogP contribution in [0.4, 0.5) is 0 Å². The molecule has 0 bridgehead atoms. The van der Waals surface area contributed by atoms with Gasteiger partial charge in [0.25, 0.3) is 5.91 Å². The van der Waals surface area contributed by atoms with Crippen molar-refractivity contribution < 1.29 is 14.7 Å². The Kier molecular flexibility index (Phi) is 4.42. The summed E-state index contributed by atoms with van der Waals surface area (Å²) in [7, 11) is 0. The minimum absolute atomic E-state index is 0.223. The zero-order valence-electron chi connectivity index (χ0n) is 10.5. The SMILES string of the molecule is O=C(O)c1ccc(CCNC(=O)c2cc(Cl)c[nH]2)cc1. The van der Waals surface area contributed by atoms with Gasteiger partial charge in [-0.2, -0.15) is 0 Å². The Morgan fingerprint density at radius 1 is 1.25 bits per heavy atom. The molecule has 0 saturated heterocycles. The molecule has 0 aliphatic carbocycles. The summed E-state index contributed by atoms with van der Waals surface area (Å²) in [5, 5.41) is 12.0. The highest BCUT2D eigenvalue weighted by atomic mass is 35.5. The lowest BCUT2D eigenvalue weighted by atomic mass is 10.1. The molecule has 5 nitrogen and oxygen atoms in total. The normalized spacial score (nSPS) is 10.2. The molecule has 2 rings (SSSR count). The highest BCUT2D eigenvalue weighted by Gasteiger charge is 2.07. The molecule has 3 N–H and O–H groups in total. The predicted octanol–water partition coefficient (Wildman–Crippen LogP) is 2.34. The Balaban J connectivity index is 1.83. The van der Waals surface area contributed by atoms with Crippen LogP contribution in [0, 0.1) is 0 Å². The van der Waals surface area contributed by atoms with Crippen molar-refractivity contribution in [2.45, 2.75) is 6.42 Å². The first kappa shape index (κ1) is 14.1. The van der Waals surface area contributed by atoms with E-state index in [4.69, 9.17) is 16.7 Å². The zero-order valence-corrected chi connectivity index (χ0v) is 11.3. The number of hydrogen-bond donors (Lipinski definition) is 3. The fraction of sp³-hybridized carbons (Fsp3) is 0.143. The summed E-state index contributed by atoms with van der Waals surface area (Å²) in [5.41, 5.74) is 1.62. The maximum atomic E-state index is 11.7. The predicted molar refractivity (Wildman–Crippen MR) is 75.2 cm³/mol. The van der Waals surface area contributed by atoms with Gasteiger partial charge < -0.3 is 15.4 Å². The van der Waals surface area contributed by atoms with Crippen LogP contribution in [0.15, 0.2) is 36.5 Å². The van der Waals surface area contributed by atoms with Crippen molar-refractivity contribution in [3.63, 3.8) is 0 Å². The van der Waals surface area contributed by atoms with Crippen molar-refractivity contribution in [3.8, 4) is 0 Å². The van der Waals surface area contributed by atoms with Crippen molar-refractivity contribution >= 4 is 23.5 Å². The van der Waals surface area contributed by atoms with E-state index in [0.29, 0.717) is 23.7 Å². The lowest BCUT2D eigenvalue weighted by Crippen LogP contribution is -2.25. The molecule has 20 heavy (non-hydrogen) atoms. The molecule has 0 saturated carbocycles. The molecule has 1 amide bonds. The molecule has 1 aromatic carbocycles. The maximum Gasteiger partial charge on any atom is 0.335 e. The van der Waals surface area contributed by atoms with E-state index >= 15 is 0 Å². The fourth-order valence-electron chi connectivity index (χ4n) is 1.73. The van der Waals surface area contributed by atoms with Gasteiger partial charge >= 0.3 is 5.97 Å². The second-order valence-corrected chi connectivity index (χ2v) is 4.68. The molecular weight excluding hydrogens is 280 g/mol. The van der Waals surface area contributed by atoms with Crippen LogP contribution in [-0.4, -0.2) is 28.5 Å². The third kappa shape index (κ3) is 3.61. The number of amides is 1. The smallest absolute Gasteiger partial charge is 0.335 e. The van der Waals surface area contributed by atoms with Gasteiger partial charge in [0.1, 0.15) is 5.69 Å². The third-order valence-corrected chi connectivity index (χ3v) is 3.01.